The molecular weight excluding hydrogens is 370 g/mol. The predicted molar refractivity (Wildman–Crippen MR) is 100 cm³/mol. The number of hydrogen-bond donors (Lipinski definition) is 2. The van der Waals surface area contributed by atoms with Crippen molar-refractivity contribution < 1.29 is 19.4 Å². The zero-order chi connectivity index (χ0) is 19.4. The normalized spacial score (nSPS) is 19.6. The summed E-state index contributed by atoms with van der Waals surface area (Å²) in [6.07, 6.45) is 2.09. The van der Waals surface area contributed by atoms with Crippen molar-refractivity contribution in [1.29, 1.82) is 0 Å². The van der Waals surface area contributed by atoms with Crippen molar-refractivity contribution in [1.82, 2.24) is 15.3 Å². The number of ether oxygens (including phenoxy) is 2. The summed E-state index contributed by atoms with van der Waals surface area (Å²) in [7, 11) is 1.56. The number of nitrogens with one attached hydrogen (secondary N) is 1. The molecule has 1 amide bonds. The highest BCUT2D eigenvalue weighted by Crippen LogP contribution is 2.24. The van der Waals surface area contributed by atoms with Gasteiger partial charge in [-0.15, -0.1) is 0 Å². The smallest absolute Gasteiger partial charge is 0.270 e. The van der Waals surface area contributed by atoms with Gasteiger partial charge >= 0.3 is 0 Å². The maximum atomic E-state index is 12.6. The van der Waals surface area contributed by atoms with Gasteiger partial charge < -0.3 is 19.9 Å². The number of aromatic nitrogens is 2. The van der Waals surface area contributed by atoms with Gasteiger partial charge in [0.05, 0.1) is 36.6 Å². The van der Waals surface area contributed by atoms with Crippen LogP contribution in [0.15, 0.2) is 24.4 Å². The molecule has 0 aliphatic carbocycles. The van der Waals surface area contributed by atoms with Gasteiger partial charge in [0.15, 0.2) is 0 Å². The van der Waals surface area contributed by atoms with E-state index in [2.05, 4.69) is 15.3 Å². The second-order valence-electron chi connectivity index (χ2n) is 6.46. The molecule has 2 atom stereocenters. The van der Waals surface area contributed by atoms with Crippen LogP contribution in [0.5, 0.6) is 5.88 Å². The van der Waals surface area contributed by atoms with Crippen molar-refractivity contribution in [2.24, 2.45) is 0 Å². The molecular formula is C19H22ClN3O4. The standard InChI is InChI=1S/C19H22ClN3O4/c1-11-18(20)13(7-12-3-4-17(26-2)21-9-12)8-14(22-11)19(25)23-15-10-27-6-5-16(15)24/h3-4,8-9,15-16,24H,5-7,10H2,1-2H3,(H,23,25)/t15-,16-/m0/s1. The first-order valence-corrected chi connectivity index (χ1v) is 9.07. The summed E-state index contributed by atoms with van der Waals surface area (Å²) in [5, 5.41) is 13.3. The van der Waals surface area contributed by atoms with Gasteiger partial charge in [0.2, 0.25) is 5.88 Å². The van der Waals surface area contributed by atoms with E-state index in [0.29, 0.717) is 36.0 Å². The van der Waals surface area contributed by atoms with Gasteiger partial charge in [-0.25, -0.2) is 9.97 Å². The number of aliphatic hydroxyl groups excluding tert-OH is 1. The van der Waals surface area contributed by atoms with Crippen molar-refractivity contribution >= 4 is 17.5 Å². The average Bonchev–Trinajstić information content (AvgIpc) is 2.67. The third-order valence-corrected chi connectivity index (χ3v) is 4.99. The van der Waals surface area contributed by atoms with Crippen LogP contribution in [0.2, 0.25) is 5.02 Å². The summed E-state index contributed by atoms with van der Waals surface area (Å²) in [5.74, 6) is 0.169. The average molecular weight is 392 g/mol. The second kappa shape index (κ2) is 8.65. The van der Waals surface area contributed by atoms with Gasteiger partial charge in [-0.1, -0.05) is 17.7 Å². The highest BCUT2D eigenvalue weighted by atomic mass is 35.5. The summed E-state index contributed by atoms with van der Waals surface area (Å²) >= 11 is 6.39. The number of halogens is 1. The molecule has 3 rings (SSSR count). The molecule has 27 heavy (non-hydrogen) atoms. The minimum atomic E-state index is -0.624. The Morgan fingerprint density at radius 1 is 1.48 bits per heavy atom. The van der Waals surface area contributed by atoms with E-state index in [9.17, 15) is 9.90 Å². The van der Waals surface area contributed by atoms with E-state index in [-0.39, 0.29) is 18.2 Å². The molecule has 0 aromatic carbocycles. The number of carbonyl (C=O) groups excluding carboxylic acids is 1. The molecule has 7 nitrogen and oxygen atoms in total. The summed E-state index contributed by atoms with van der Waals surface area (Å²) in [6.45, 7) is 2.53. The van der Waals surface area contributed by atoms with Crippen LogP contribution in [-0.2, 0) is 11.2 Å². The molecule has 0 saturated carbocycles. The zero-order valence-electron chi connectivity index (χ0n) is 15.2. The molecule has 2 N–H and O–H groups in total. The van der Waals surface area contributed by atoms with E-state index in [0.717, 1.165) is 11.1 Å². The fourth-order valence-corrected chi connectivity index (χ4v) is 3.09. The van der Waals surface area contributed by atoms with Crippen LogP contribution >= 0.6 is 11.6 Å². The Balaban J connectivity index is 1.79. The number of amides is 1. The SMILES string of the molecule is COc1ccc(Cc2cc(C(=O)N[C@H]3COCC[C@@H]3O)nc(C)c2Cl)cn1. The summed E-state index contributed by atoms with van der Waals surface area (Å²) in [6, 6.07) is 4.89. The fourth-order valence-electron chi connectivity index (χ4n) is 2.93. The number of pyridine rings is 2. The Morgan fingerprint density at radius 2 is 2.30 bits per heavy atom. The Labute approximate surface area is 162 Å². The molecule has 0 bridgehead atoms. The van der Waals surface area contributed by atoms with Crippen LogP contribution in [-0.4, -0.2) is 53.5 Å². The van der Waals surface area contributed by atoms with E-state index < -0.39 is 12.1 Å². The quantitative estimate of drug-likeness (QED) is 0.808. The Hall–Kier alpha value is -2.22. The topological polar surface area (TPSA) is 93.6 Å². The molecule has 2 aromatic rings. The summed E-state index contributed by atoms with van der Waals surface area (Å²) in [4.78, 5) is 21.1. The van der Waals surface area contributed by atoms with E-state index >= 15 is 0 Å². The van der Waals surface area contributed by atoms with Crippen molar-refractivity contribution in [3.05, 3.63) is 51.9 Å². The lowest BCUT2D eigenvalue weighted by atomic mass is 10.0. The fraction of sp³-hybridized carbons (Fsp3) is 0.421. The number of carbonyl (C=O) groups is 1. The summed E-state index contributed by atoms with van der Waals surface area (Å²) in [5.41, 5.74) is 2.54. The van der Waals surface area contributed by atoms with Crippen LogP contribution in [0.25, 0.3) is 0 Å². The van der Waals surface area contributed by atoms with Crippen LogP contribution in [0, 0.1) is 6.92 Å². The van der Waals surface area contributed by atoms with E-state index in [1.165, 1.54) is 0 Å². The predicted octanol–water partition coefficient (Wildman–Crippen LogP) is 1.92. The van der Waals surface area contributed by atoms with Gasteiger partial charge in [-0.2, -0.15) is 0 Å². The van der Waals surface area contributed by atoms with E-state index in [4.69, 9.17) is 21.1 Å². The lowest BCUT2D eigenvalue weighted by Gasteiger charge is -2.28. The van der Waals surface area contributed by atoms with Crippen LogP contribution in [0.1, 0.15) is 33.7 Å². The number of aliphatic hydroxyl groups is 1. The molecule has 3 heterocycles. The van der Waals surface area contributed by atoms with Crippen LogP contribution in [0.3, 0.4) is 0 Å². The van der Waals surface area contributed by atoms with Gasteiger partial charge in [0.1, 0.15) is 5.69 Å². The molecule has 8 heteroatoms. The third-order valence-electron chi connectivity index (χ3n) is 4.47. The molecule has 0 radical (unpaired) electrons. The highest BCUT2D eigenvalue weighted by Gasteiger charge is 2.26. The molecule has 1 aliphatic heterocycles. The van der Waals surface area contributed by atoms with Crippen molar-refractivity contribution in [2.75, 3.05) is 20.3 Å². The van der Waals surface area contributed by atoms with Gasteiger partial charge in [0.25, 0.3) is 5.91 Å². The van der Waals surface area contributed by atoms with Gasteiger partial charge in [-0.05, 0) is 30.5 Å². The molecule has 1 aliphatic rings. The van der Waals surface area contributed by atoms with Gasteiger partial charge in [-0.3, -0.25) is 4.79 Å². The molecule has 144 valence electrons. The first kappa shape index (κ1) is 19.5. The first-order valence-electron chi connectivity index (χ1n) is 8.69. The largest absolute Gasteiger partial charge is 0.481 e. The minimum Gasteiger partial charge on any atom is -0.481 e. The monoisotopic (exact) mass is 391 g/mol. The Kier molecular flexibility index (Phi) is 6.26. The maximum Gasteiger partial charge on any atom is 0.270 e. The molecule has 0 spiro atoms. The van der Waals surface area contributed by atoms with Gasteiger partial charge in [0, 0.05) is 25.3 Å². The first-order chi connectivity index (χ1) is 13.0. The van der Waals surface area contributed by atoms with Crippen LogP contribution in [0.4, 0.5) is 0 Å². The highest BCUT2D eigenvalue weighted by molar-refractivity contribution is 6.32. The van der Waals surface area contributed by atoms with E-state index in [1.807, 2.05) is 6.07 Å². The van der Waals surface area contributed by atoms with Crippen LogP contribution < -0.4 is 10.1 Å². The second-order valence-corrected chi connectivity index (χ2v) is 6.84. The number of rotatable bonds is 5. The van der Waals surface area contributed by atoms with Crippen molar-refractivity contribution in [3.8, 4) is 5.88 Å². The minimum absolute atomic E-state index is 0.256. The Bertz CT molecular complexity index is 813. The number of nitrogens with zero attached hydrogens (tertiary/aromatic N) is 2. The number of aryl methyl sites for hydroxylation is 1. The van der Waals surface area contributed by atoms with Crippen molar-refractivity contribution in [3.63, 3.8) is 0 Å². The Morgan fingerprint density at radius 3 is 2.96 bits per heavy atom. The number of hydrogen-bond acceptors (Lipinski definition) is 6. The summed E-state index contributed by atoms with van der Waals surface area (Å²) < 4.78 is 10.4. The van der Waals surface area contributed by atoms with Crippen molar-refractivity contribution in [2.45, 2.75) is 31.9 Å². The maximum absolute atomic E-state index is 12.6. The third kappa shape index (κ3) is 4.74. The lowest BCUT2D eigenvalue weighted by molar-refractivity contribution is -0.0140. The molecule has 0 unspecified atom stereocenters. The molecule has 1 saturated heterocycles. The lowest BCUT2D eigenvalue weighted by Crippen LogP contribution is -2.49. The molecule has 2 aromatic heterocycles. The zero-order valence-corrected chi connectivity index (χ0v) is 16.0. The van der Waals surface area contributed by atoms with E-state index in [1.54, 1.807) is 32.4 Å². The number of methoxy groups -OCH3 is 1. The molecule has 1 fully saturated rings.